The number of hydrogen-bond donors (Lipinski definition) is 0. The van der Waals surface area contributed by atoms with Crippen molar-refractivity contribution < 1.29 is 18.9 Å². The molecule has 0 aliphatic rings. The van der Waals surface area contributed by atoms with Crippen molar-refractivity contribution in [3.8, 4) is 23.0 Å². The standard InChI is InChI=1S/C80H80N2O4S/c1-3-73(63-31-15-7-16-32-63)79(67-43-51-71(52-44-67)85-59-61-27-11-5-12-28-61)65-39-47-69(48-40-65)83-57-25-9-19-37-77(75-35-21-23-55-81-75)87-78(76-36-22-24-56-82-76)38-20-10-26-58-84-70-49-41-66(42-50-70)80(74(4-2)64-33-17-8-18-34-64)68-45-53-72(54-46-68)86-60-62-29-13-6-14-30-62/h5-8,11-18,21-24,27-36,39-56,77-78H,3-4,9-10,19-20,25-26,37-38,57-60H2,1-2H3/b79-73+,80-74+. The van der Waals surface area contributed by atoms with Gasteiger partial charge in [-0.1, -0.05) is 222 Å². The number of ether oxygens (including phenoxy) is 4. The van der Waals surface area contributed by atoms with Crippen molar-refractivity contribution in [1.82, 2.24) is 9.97 Å². The first-order valence-electron chi connectivity index (χ1n) is 31.1. The van der Waals surface area contributed by atoms with E-state index >= 15 is 0 Å². The molecule has 2 heterocycles. The lowest BCUT2D eigenvalue weighted by Gasteiger charge is -2.23. The summed E-state index contributed by atoms with van der Waals surface area (Å²) in [7, 11) is 0. The molecule has 10 rings (SSSR count). The van der Waals surface area contributed by atoms with E-state index in [1.807, 2.05) is 72.7 Å². The van der Waals surface area contributed by atoms with Gasteiger partial charge < -0.3 is 18.9 Å². The fourth-order valence-electron chi connectivity index (χ4n) is 11.2. The van der Waals surface area contributed by atoms with Gasteiger partial charge in [-0.25, -0.2) is 0 Å². The Kier molecular flexibility index (Phi) is 23.3. The summed E-state index contributed by atoms with van der Waals surface area (Å²) in [6, 6.07) is 89.0. The Morgan fingerprint density at radius 3 is 0.966 bits per heavy atom. The van der Waals surface area contributed by atoms with Crippen LogP contribution in [0.25, 0.3) is 22.3 Å². The van der Waals surface area contributed by atoms with Gasteiger partial charge in [0, 0.05) is 22.9 Å². The molecule has 10 aromatic rings. The number of allylic oxidation sites excluding steroid dienone is 2. The van der Waals surface area contributed by atoms with Gasteiger partial charge in [0.05, 0.1) is 24.6 Å². The third-order valence-electron chi connectivity index (χ3n) is 15.7. The van der Waals surface area contributed by atoms with E-state index in [4.69, 9.17) is 28.9 Å². The predicted octanol–water partition coefficient (Wildman–Crippen LogP) is 21.2. The zero-order valence-electron chi connectivity index (χ0n) is 50.4. The number of aromatic nitrogens is 2. The van der Waals surface area contributed by atoms with E-state index in [0.29, 0.717) is 26.4 Å². The molecule has 0 amide bonds. The van der Waals surface area contributed by atoms with Gasteiger partial charge in [-0.15, -0.1) is 11.8 Å². The number of pyridine rings is 2. The number of rotatable bonds is 32. The van der Waals surface area contributed by atoms with E-state index in [2.05, 4.69) is 220 Å². The van der Waals surface area contributed by atoms with E-state index in [1.165, 1.54) is 33.4 Å². The maximum absolute atomic E-state index is 6.41. The van der Waals surface area contributed by atoms with Gasteiger partial charge in [-0.2, -0.15) is 0 Å². The topological polar surface area (TPSA) is 62.7 Å². The molecule has 87 heavy (non-hydrogen) atoms. The van der Waals surface area contributed by atoms with Gasteiger partial charge >= 0.3 is 0 Å². The van der Waals surface area contributed by atoms with E-state index in [9.17, 15) is 0 Å². The average Bonchev–Trinajstić information content (AvgIpc) is 3.33. The zero-order chi connectivity index (χ0) is 59.5. The Labute approximate surface area is 521 Å². The second-order valence-corrected chi connectivity index (χ2v) is 23.2. The van der Waals surface area contributed by atoms with Crippen molar-refractivity contribution in [2.75, 3.05) is 13.2 Å². The maximum Gasteiger partial charge on any atom is 0.119 e. The minimum absolute atomic E-state index is 0.247. The molecule has 0 spiro atoms. The van der Waals surface area contributed by atoms with Crippen molar-refractivity contribution >= 4 is 34.1 Å². The third kappa shape index (κ3) is 18.1. The summed E-state index contributed by atoms with van der Waals surface area (Å²) >= 11 is 2.02. The summed E-state index contributed by atoms with van der Waals surface area (Å²) in [6.45, 7) is 6.87. The van der Waals surface area contributed by atoms with Crippen LogP contribution >= 0.6 is 11.8 Å². The molecule has 0 bridgehead atoms. The summed E-state index contributed by atoms with van der Waals surface area (Å²) in [5.74, 6) is 3.48. The first kappa shape index (κ1) is 61.2. The summed E-state index contributed by atoms with van der Waals surface area (Å²) in [4.78, 5) is 9.80. The third-order valence-corrected chi connectivity index (χ3v) is 17.4. The quantitative estimate of drug-likeness (QED) is 0.0307. The predicted molar refractivity (Wildman–Crippen MR) is 362 cm³/mol. The van der Waals surface area contributed by atoms with Crippen LogP contribution in [-0.4, -0.2) is 23.2 Å². The van der Waals surface area contributed by atoms with Gasteiger partial charge in [0.1, 0.15) is 36.2 Å². The van der Waals surface area contributed by atoms with Crippen LogP contribution in [-0.2, 0) is 13.2 Å². The normalized spacial score (nSPS) is 12.5. The molecule has 2 unspecified atom stereocenters. The lowest BCUT2D eigenvalue weighted by atomic mass is 9.88. The number of hydrogen-bond acceptors (Lipinski definition) is 7. The molecule has 6 nitrogen and oxygen atoms in total. The molecule has 0 saturated heterocycles. The summed E-state index contributed by atoms with van der Waals surface area (Å²) in [5.41, 5.74) is 16.7. The highest BCUT2D eigenvalue weighted by Gasteiger charge is 2.23. The SMILES string of the molecule is CC/C(=C(/c1ccc(OCCCCCC(SC(CCCCCOc2ccc(/C(=C(/CC)c3ccccc3)c3ccc(OCc4ccccc4)cc3)cc2)c2ccccn2)c2ccccn2)cc1)c1ccc(OCc2ccccc2)cc1)c1ccccc1. The van der Waals surface area contributed by atoms with Gasteiger partial charge in [0.15, 0.2) is 0 Å². The molecule has 0 radical (unpaired) electrons. The van der Waals surface area contributed by atoms with Gasteiger partial charge in [0.25, 0.3) is 0 Å². The number of benzene rings is 8. The van der Waals surface area contributed by atoms with E-state index < -0.39 is 0 Å². The molecule has 0 aliphatic carbocycles. The molecule has 8 aromatic carbocycles. The highest BCUT2D eigenvalue weighted by atomic mass is 32.2. The van der Waals surface area contributed by atoms with Crippen molar-refractivity contribution in [2.24, 2.45) is 0 Å². The molecule has 2 atom stereocenters. The second kappa shape index (κ2) is 33.1. The fourth-order valence-corrected chi connectivity index (χ4v) is 12.8. The van der Waals surface area contributed by atoms with Crippen molar-refractivity contribution in [2.45, 2.75) is 102 Å². The van der Waals surface area contributed by atoms with Crippen LogP contribution in [0.3, 0.4) is 0 Å². The van der Waals surface area contributed by atoms with E-state index in [1.54, 1.807) is 0 Å². The molecular formula is C80H80N2O4S. The number of thioether (sulfide) groups is 1. The lowest BCUT2D eigenvalue weighted by molar-refractivity contribution is 0.304. The maximum atomic E-state index is 6.41. The van der Waals surface area contributed by atoms with Crippen molar-refractivity contribution in [1.29, 1.82) is 0 Å². The monoisotopic (exact) mass is 1160 g/mol. The largest absolute Gasteiger partial charge is 0.494 e. The first-order chi connectivity index (χ1) is 43.1. The molecular weight excluding hydrogens is 1080 g/mol. The molecule has 0 fully saturated rings. The van der Waals surface area contributed by atoms with Gasteiger partial charge in [-0.05, 0) is 178 Å². The Morgan fingerprint density at radius 2 is 0.644 bits per heavy atom. The molecule has 440 valence electrons. The molecule has 0 aliphatic heterocycles. The molecule has 2 aromatic heterocycles. The molecule has 7 heteroatoms. The minimum atomic E-state index is 0.247. The van der Waals surface area contributed by atoms with Crippen LogP contribution in [0.15, 0.2) is 267 Å². The minimum Gasteiger partial charge on any atom is -0.494 e. The van der Waals surface area contributed by atoms with Crippen LogP contribution in [0.4, 0.5) is 0 Å². The summed E-state index contributed by atoms with van der Waals surface area (Å²) < 4.78 is 25.2. The van der Waals surface area contributed by atoms with Gasteiger partial charge in [-0.3, -0.25) is 9.97 Å². The summed E-state index contributed by atoms with van der Waals surface area (Å²) in [5, 5.41) is 0.494. The average molecular weight is 1170 g/mol. The van der Waals surface area contributed by atoms with E-state index in [0.717, 1.165) is 132 Å². The van der Waals surface area contributed by atoms with Crippen LogP contribution in [0.5, 0.6) is 23.0 Å². The van der Waals surface area contributed by atoms with Crippen LogP contribution < -0.4 is 18.9 Å². The smallest absolute Gasteiger partial charge is 0.119 e. The lowest BCUT2D eigenvalue weighted by Crippen LogP contribution is -2.05. The van der Waals surface area contributed by atoms with Crippen molar-refractivity contribution in [3.05, 3.63) is 323 Å². The van der Waals surface area contributed by atoms with E-state index in [-0.39, 0.29) is 10.5 Å². The number of unbranched alkanes of at least 4 members (excludes halogenated alkanes) is 4. The highest BCUT2D eigenvalue weighted by Crippen LogP contribution is 2.45. The Balaban J connectivity index is 0.712. The van der Waals surface area contributed by atoms with Crippen molar-refractivity contribution in [3.63, 3.8) is 0 Å². The first-order valence-corrected chi connectivity index (χ1v) is 32.1. The molecule has 0 saturated carbocycles. The Morgan fingerprint density at radius 1 is 0.322 bits per heavy atom. The van der Waals surface area contributed by atoms with Crippen LogP contribution in [0, 0.1) is 0 Å². The zero-order valence-corrected chi connectivity index (χ0v) is 51.2. The summed E-state index contributed by atoms with van der Waals surface area (Å²) in [6.07, 6.45) is 13.9. The van der Waals surface area contributed by atoms with Crippen LogP contribution in [0.1, 0.15) is 144 Å². The van der Waals surface area contributed by atoms with Crippen LogP contribution in [0.2, 0.25) is 0 Å². The number of nitrogens with zero attached hydrogens (tertiary/aromatic N) is 2. The molecule has 0 N–H and O–H groups in total. The second-order valence-electron chi connectivity index (χ2n) is 21.8. The Bertz CT molecular complexity index is 3400. The highest BCUT2D eigenvalue weighted by molar-refractivity contribution is 7.99. The van der Waals surface area contributed by atoms with Gasteiger partial charge in [0.2, 0.25) is 0 Å². The fraction of sp³-hybridized carbons (Fsp3) is 0.225. The Hall–Kier alpha value is -8.91.